The van der Waals surface area contributed by atoms with Crippen molar-refractivity contribution in [3.8, 4) is 0 Å². The molecule has 19 heteroatoms. The molecule has 0 aromatic rings. The number of rotatable bonds is 62. The summed E-state index contributed by atoms with van der Waals surface area (Å²) in [7, 11) is 0. The number of hydrogen-bond acceptors (Lipinski definition) is 18. The van der Waals surface area contributed by atoms with E-state index in [-0.39, 0.29) is 18.9 Å². The summed E-state index contributed by atoms with van der Waals surface area (Å²) in [6.07, 6.45) is 61.8. The molecule has 3 aliphatic rings. The van der Waals surface area contributed by atoms with Gasteiger partial charge in [-0.3, -0.25) is 4.79 Å². The van der Waals surface area contributed by atoms with Gasteiger partial charge in [0.2, 0.25) is 5.91 Å². The molecule has 3 aliphatic heterocycles. The van der Waals surface area contributed by atoms with E-state index in [1.54, 1.807) is 6.08 Å². The van der Waals surface area contributed by atoms with Gasteiger partial charge in [0, 0.05) is 6.42 Å². The van der Waals surface area contributed by atoms with Crippen molar-refractivity contribution in [1.29, 1.82) is 0 Å². The average Bonchev–Trinajstić information content (AvgIpc) is 0.781. The number of allylic oxidation sites excluding steroid dienone is 19. The molecule has 103 heavy (non-hydrogen) atoms. The molecule has 592 valence electrons. The molecule has 12 N–H and O–H groups in total. The second kappa shape index (κ2) is 63.2. The van der Waals surface area contributed by atoms with Crippen LogP contribution in [-0.4, -0.2) is 193 Å². The van der Waals surface area contributed by atoms with E-state index in [1.807, 2.05) is 6.08 Å². The molecule has 17 unspecified atom stereocenters. The van der Waals surface area contributed by atoms with Crippen molar-refractivity contribution in [3.63, 3.8) is 0 Å². The molecule has 3 heterocycles. The highest BCUT2D eigenvalue weighted by Gasteiger charge is 2.54. The van der Waals surface area contributed by atoms with E-state index in [0.717, 1.165) is 103 Å². The highest BCUT2D eigenvalue weighted by molar-refractivity contribution is 5.76. The van der Waals surface area contributed by atoms with E-state index in [1.165, 1.54) is 135 Å². The van der Waals surface area contributed by atoms with Gasteiger partial charge in [0.25, 0.3) is 0 Å². The maximum atomic E-state index is 13.5. The van der Waals surface area contributed by atoms with E-state index in [9.17, 15) is 61.0 Å². The van der Waals surface area contributed by atoms with Gasteiger partial charge >= 0.3 is 0 Å². The number of amides is 1. The molecule has 3 fully saturated rings. The van der Waals surface area contributed by atoms with E-state index < -0.39 is 124 Å². The fraction of sp³-hybridized carbons (Fsp3) is 0.750. The number of nitrogens with one attached hydrogen (secondary N) is 1. The van der Waals surface area contributed by atoms with E-state index in [4.69, 9.17) is 28.4 Å². The Labute approximate surface area is 620 Å². The fourth-order valence-electron chi connectivity index (χ4n) is 12.8. The van der Waals surface area contributed by atoms with Gasteiger partial charge in [-0.15, -0.1) is 0 Å². The van der Waals surface area contributed by atoms with Gasteiger partial charge in [-0.05, 0) is 103 Å². The highest BCUT2D eigenvalue weighted by Crippen LogP contribution is 2.33. The molecule has 0 aromatic heterocycles. The maximum absolute atomic E-state index is 13.5. The number of carbonyl (C=O) groups excluding carboxylic acids is 1. The van der Waals surface area contributed by atoms with Crippen molar-refractivity contribution < 1.29 is 89.4 Å². The Hall–Kier alpha value is -3.81. The van der Waals surface area contributed by atoms with Crippen LogP contribution in [0.15, 0.2) is 122 Å². The summed E-state index contributed by atoms with van der Waals surface area (Å²) in [4.78, 5) is 13.5. The minimum atomic E-state index is -1.99. The Balaban J connectivity index is 1.38. The largest absolute Gasteiger partial charge is 0.394 e. The lowest BCUT2D eigenvalue weighted by Gasteiger charge is -2.48. The van der Waals surface area contributed by atoms with E-state index >= 15 is 0 Å². The summed E-state index contributed by atoms with van der Waals surface area (Å²) >= 11 is 0. The van der Waals surface area contributed by atoms with Crippen molar-refractivity contribution in [1.82, 2.24) is 5.32 Å². The number of aliphatic hydroxyl groups excluding tert-OH is 11. The summed E-state index contributed by atoms with van der Waals surface area (Å²) in [5.41, 5.74) is 0. The number of ether oxygens (including phenoxy) is 6. The molecule has 0 bridgehead atoms. The molecule has 0 aromatic carbocycles. The second-order valence-electron chi connectivity index (χ2n) is 28.1. The monoisotopic (exact) mass is 1450 g/mol. The van der Waals surface area contributed by atoms with Crippen molar-refractivity contribution in [2.45, 2.75) is 375 Å². The van der Waals surface area contributed by atoms with E-state index in [0.29, 0.717) is 12.8 Å². The standard InChI is InChI=1S/C84H143NO18/c1-3-5-7-9-11-13-15-17-19-21-23-25-27-28-29-30-31-32-33-34-35-36-37-38-40-42-44-46-48-50-52-54-56-58-60-62-72(90)85-67(68(89)61-59-57-55-53-51-49-47-45-43-41-39-26-24-22-20-18-16-14-12-10-8-6-4-2)66-98-82-78(96)75(93)80(70(64-87)100-82)103-84-79(97)76(94)81(71(65-88)101-84)102-83-77(95)74(92)73(91)69(63-86)99-83/h5,7,11,13,17,19,23,25,28-29,31-32,34-35,43,45,51,53,59,61,67-71,73-84,86-89,91-97H,3-4,6,8-10,12,14-16,18,20-22,24,26-27,30,33,36-42,44,46-50,52,54-58,60,62-66H2,1-2H3,(H,85,90)/b7-5-,13-11-,19-17-,25-23-,29-28-,32-31-,35-34-,45-43+,53-51+,61-59+. The quantitative estimate of drug-likeness (QED) is 0.0199. The van der Waals surface area contributed by atoms with Crippen LogP contribution in [0.2, 0.25) is 0 Å². The van der Waals surface area contributed by atoms with Gasteiger partial charge in [0.1, 0.15) is 73.2 Å². The normalized spacial score (nSPS) is 26.7. The lowest BCUT2D eigenvalue weighted by Crippen LogP contribution is -2.66. The van der Waals surface area contributed by atoms with Crippen molar-refractivity contribution in [2.75, 3.05) is 26.4 Å². The zero-order valence-corrected chi connectivity index (χ0v) is 63.3. The number of unbranched alkanes of at least 4 members (excludes halogenated alkanes) is 28. The van der Waals surface area contributed by atoms with Crippen LogP contribution in [0.3, 0.4) is 0 Å². The molecule has 0 radical (unpaired) electrons. The predicted octanol–water partition coefficient (Wildman–Crippen LogP) is 13.5. The van der Waals surface area contributed by atoms with Crippen LogP contribution in [0.1, 0.15) is 271 Å². The minimum Gasteiger partial charge on any atom is -0.394 e. The van der Waals surface area contributed by atoms with Crippen molar-refractivity contribution in [3.05, 3.63) is 122 Å². The Morgan fingerprint density at radius 3 is 1.09 bits per heavy atom. The number of hydrogen-bond donors (Lipinski definition) is 12. The van der Waals surface area contributed by atoms with Gasteiger partial charge in [-0.1, -0.05) is 283 Å². The molecule has 0 saturated carbocycles. The zero-order chi connectivity index (χ0) is 74.6. The summed E-state index contributed by atoms with van der Waals surface area (Å²) in [6, 6.07) is -1.01. The molecule has 1 amide bonds. The van der Waals surface area contributed by atoms with Gasteiger partial charge in [-0.25, -0.2) is 0 Å². The van der Waals surface area contributed by atoms with Gasteiger partial charge in [-0.2, -0.15) is 0 Å². The van der Waals surface area contributed by atoms with Crippen LogP contribution < -0.4 is 5.32 Å². The smallest absolute Gasteiger partial charge is 0.220 e. The number of aliphatic hydroxyl groups is 11. The van der Waals surface area contributed by atoms with Crippen LogP contribution in [-0.2, 0) is 33.2 Å². The SMILES string of the molecule is CC/C=C\C/C=C\C/C=C\C/C=C\C/C=C\C/C=C\C/C=C\CCCCCCCCCCCCCCCC(=O)NC(COC1OC(CO)C(OC2OC(CO)C(OC3OC(CO)C(O)C(O)C3O)C(O)C2O)C(O)C1O)C(O)/C=C/CC/C=C/CC/C=C/CCCCCCCCCCCCCCC. The predicted molar refractivity (Wildman–Crippen MR) is 410 cm³/mol. The van der Waals surface area contributed by atoms with Crippen LogP contribution in [0.4, 0.5) is 0 Å². The molecule has 3 saturated heterocycles. The van der Waals surface area contributed by atoms with Gasteiger partial charge in [0.05, 0.1) is 38.6 Å². The van der Waals surface area contributed by atoms with Gasteiger partial charge in [0.15, 0.2) is 18.9 Å². The Kier molecular flexibility index (Phi) is 57.3. The first-order chi connectivity index (χ1) is 50.3. The van der Waals surface area contributed by atoms with Gasteiger partial charge < -0.3 is 89.9 Å². The Morgan fingerprint density at radius 2 is 0.680 bits per heavy atom. The maximum Gasteiger partial charge on any atom is 0.220 e. The van der Waals surface area contributed by atoms with Crippen molar-refractivity contribution in [2.24, 2.45) is 0 Å². The zero-order valence-electron chi connectivity index (χ0n) is 63.3. The third-order valence-corrected chi connectivity index (χ3v) is 19.2. The first kappa shape index (κ1) is 93.4. The van der Waals surface area contributed by atoms with Crippen LogP contribution >= 0.6 is 0 Å². The summed E-state index contributed by atoms with van der Waals surface area (Å²) in [5.74, 6) is -0.294. The third kappa shape index (κ3) is 43.1. The van der Waals surface area contributed by atoms with E-state index in [2.05, 4.69) is 129 Å². The van der Waals surface area contributed by atoms with Crippen LogP contribution in [0, 0.1) is 0 Å². The van der Waals surface area contributed by atoms with Crippen molar-refractivity contribution >= 4 is 5.91 Å². The molecular weight excluding hydrogens is 1310 g/mol. The minimum absolute atomic E-state index is 0.224. The summed E-state index contributed by atoms with van der Waals surface area (Å²) in [6.45, 7) is 1.60. The fourth-order valence-corrected chi connectivity index (χ4v) is 12.8. The Morgan fingerprint density at radius 1 is 0.359 bits per heavy atom. The molecule has 17 atom stereocenters. The van der Waals surface area contributed by atoms with Crippen LogP contribution in [0.25, 0.3) is 0 Å². The van der Waals surface area contributed by atoms with Crippen LogP contribution in [0.5, 0.6) is 0 Å². The lowest BCUT2D eigenvalue weighted by atomic mass is 9.96. The molecular formula is C84H143NO18. The summed E-state index contributed by atoms with van der Waals surface area (Å²) in [5, 5.41) is 121. The lowest BCUT2D eigenvalue weighted by molar-refractivity contribution is -0.379. The number of carbonyl (C=O) groups is 1. The molecule has 3 rings (SSSR count). The third-order valence-electron chi connectivity index (χ3n) is 19.2. The second-order valence-corrected chi connectivity index (χ2v) is 28.1. The Bertz CT molecular complexity index is 2330. The molecule has 19 nitrogen and oxygen atoms in total. The molecule has 0 spiro atoms. The average molecular weight is 1460 g/mol. The molecule has 0 aliphatic carbocycles. The first-order valence-corrected chi connectivity index (χ1v) is 40.3. The first-order valence-electron chi connectivity index (χ1n) is 40.3. The summed E-state index contributed by atoms with van der Waals surface area (Å²) < 4.78 is 34.4. The highest BCUT2D eigenvalue weighted by atomic mass is 16.8. The topological polar surface area (TPSA) is 307 Å².